The molecule has 2 heteroatoms. The van der Waals surface area contributed by atoms with Crippen molar-refractivity contribution in [1.82, 2.24) is 0 Å². The van der Waals surface area contributed by atoms with Crippen LogP contribution in [0.15, 0.2) is 0 Å². The molecule has 0 aromatic carbocycles. The second-order valence-corrected chi connectivity index (χ2v) is 2.74. The zero-order valence-corrected chi connectivity index (χ0v) is 5.52. The third-order valence-electron chi connectivity index (χ3n) is 2.05. The number of halogens is 1. The van der Waals surface area contributed by atoms with Gasteiger partial charge in [0.05, 0.1) is 0 Å². The minimum Gasteiger partial charge on any atom is -0.396 e. The maximum Gasteiger partial charge on any atom is 0.105 e. The van der Waals surface area contributed by atoms with Crippen LogP contribution in [-0.2, 0) is 0 Å². The number of rotatable bonds is 1. The largest absolute Gasteiger partial charge is 0.396 e. The van der Waals surface area contributed by atoms with Crippen LogP contribution < -0.4 is 0 Å². The highest BCUT2D eigenvalue weighted by atomic mass is 19.1. The van der Waals surface area contributed by atoms with E-state index in [2.05, 4.69) is 0 Å². The molecule has 1 aliphatic carbocycles. The summed E-state index contributed by atoms with van der Waals surface area (Å²) in [4.78, 5) is 0. The van der Waals surface area contributed by atoms with Crippen LogP contribution in [-0.4, -0.2) is 17.9 Å². The fourth-order valence-electron chi connectivity index (χ4n) is 1.37. The summed E-state index contributed by atoms with van der Waals surface area (Å²) in [5.41, 5.74) is 0. The van der Waals surface area contributed by atoms with Crippen LogP contribution >= 0.6 is 0 Å². The van der Waals surface area contributed by atoms with Gasteiger partial charge in [-0.3, -0.25) is 0 Å². The first-order valence-electron chi connectivity index (χ1n) is 3.59. The molecule has 1 nitrogen and oxygen atoms in total. The second kappa shape index (κ2) is 3.16. The van der Waals surface area contributed by atoms with Gasteiger partial charge in [-0.1, -0.05) is 12.8 Å². The van der Waals surface area contributed by atoms with Crippen LogP contribution in [0.5, 0.6) is 0 Å². The summed E-state index contributed by atoms with van der Waals surface area (Å²) in [7, 11) is 0. The predicted molar refractivity (Wildman–Crippen MR) is 33.9 cm³/mol. The Bertz CT molecular complexity index is 85.0. The summed E-state index contributed by atoms with van der Waals surface area (Å²) >= 11 is 0. The van der Waals surface area contributed by atoms with E-state index in [0.717, 1.165) is 19.3 Å². The Morgan fingerprint density at radius 3 is 2.44 bits per heavy atom. The van der Waals surface area contributed by atoms with E-state index in [1.165, 1.54) is 0 Å². The minimum absolute atomic E-state index is 0.0289. The normalized spacial score (nSPS) is 36.7. The third-order valence-corrected chi connectivity index (χ3v) is 2.05. The maximum absolute atomic E-state index is 12.7. The Morgan fingerprint density at radius 2 is 2.00 bits per heavy atom. The van der Waals surface area contributed by atoms with Gasteiger partial charge >= 0.3 is 0 Å². The number of hydrogen-bond donors (Lipinski definition) is 1. The fourth-order valence-corrected chi connectivity index (χ4v) is 1.37. The first-order chi connectivity index (χ1) is 4.34. The zero-order chi connectivity index (χ0) is 6.69. The van der Waals surface area contributed by atoms with Gasteiger partial charge < -0.3 is 5.11 Å². The predicted octanol–water partition coefficient (Wildman–Crippen LogP) is 1.51. The van der Waals surface area contributed by atoms with Gasteiger partial charge in [0.2, 0.25) is 0 Å². The molecular weight excluding hydrogens is 119 g/mol. The lowest BCUT2D eigenvalue weighted by molar-refractivity contribution is 0.101. The number of aliphatic hydroxyl groups excluding tert-OH is 1. The van der Waals surface area contributed by atoms with Crippen molar-refractivity contribution in [2.45, 2.75) is 31.9 Å². The molecule has 9 heavy (non-hydrogen) atoms. The Labute approximate surface area is 54.9 Å². The summed E-state index contributed by atoms with van der Waals surface area (Å²) in [5, 5.41) is 8.62. The van der Waals surface area contributed by atoms with Gasteiger partial charge in [-0.2, -0.15) is 0 Å². The molecule has 0 saturated heterocycles. The van der Waals surface area contributed by atoms with E-state index in [1.807, 2.05) is 0 Å². The Balaban J connectivity index is 2.30. The Kier molecular flexibility index (Phi) is 2.46. The second-order valence-electron chi connectivity index (χ2n) is 2.74. The molecule has 0 radical (unpaired) electrons. The molecule has 0 spiro atoms. The van der Waals surface area contributed by atoms with Gasteiger partial charge in [0.25, 0.3) is 0 Å². The molecule has 0 heterocycles. The molecule has 1 saturated carbocycles. The first-order valence-corrected chi connectivity index (χ1v) is 3.59. The van der Waals surface area contributed by atoms with E-state index in [0.29, 0.717) is 6.42 Å². The lowest BCUT2D eigenvalue weighted by Gasteiger charge is -2.23. The highest BCUT2D eigenvalue weighted by Gasteiger charge is 2.23. The Morgan fingerprint density at radius 1 is 1.33 bits per heavy atom. The summed E-state index contributed by atoms with van der Waals surface area (Å²) in [6.07, 6.45) is 2.88. The molecule has 1 aliphatic rings. The average molecular weight is 132 g/mol. The van der Waals surface area contributed by atoms with Crippen LogP contribution in [0.2, 0.25) is 0 Å². The molecule has 0 amide bonds. The molecule has 1 rings (SSSR count). The van der Waals surface area contributed by atoms with E-state index in [-0.39, 0.29) is 12.5 Å². The topological polar surface area (TPSA) is 20.2 Å². The fraction of sp³-hybridized carbons (Fsp3) is 1.00. The molecule has 0 aromatic heterocycles. The van der Waals surface area contributed by atoms with E-state index in [1.54, 1.807) is 0 Å². The van der Waals surface area contributed by atoms with Crippen molar-refractivity contribution >= 4 is 0 Å². The molecule has 1 fully saturated rings. The smallest absolute Gasteiger partial charge is 0.105 e. The quantitative estimate of drug-likeness (QED) is 0.573. The highest BCUT2D eigenvalue weighted by Crippen LogP contribution is 2.25. The molecule has 54 valence electrons. The van der Waals surface area contributed by atoms with Crippen LogP contribution in [0.25, 0.3) is 0 Å². The van der Waals surface area contributed by atoms with E-state index < -0.39 is 6.17 Å². The number of hydrogen-bond acceptors (Lipinski definition) is 1. The monoisotopic (exact) mass is 132 g/mol. The van der Waals surface area contributed by atoms with E-state index in [4.69, 9.17) is 5.11 Å². The third kappa shape index (κ3) is 1.65. The SMILES string of the molecule is OCC1CCCC[C@H]1F. The summed E-state index contributed by atoms with van der Waals surface area (Å²) in [5.74, 6) is -0.0567. The van der Waals surface area contributed by atoms with Crippen LogP contribution in [0.1, 0.15) is 25.7 Å². The molecule has 1 N–H and O–H groups in total. The maximum atomic E-state index is 12.7. The zero-order valence-electron chi connectivity index (χ0n) is 5.52. The number of alkyl halides is 1. The standard InChI is InChI=1S/C7H13FO/c8-7-4-2-1-3-6(7)5-9/h6-7,9H,1-5H2/t6?,7-/m1/s1. The molecular formula is C7H13FO. The van der Waals surface area contributed by atoms with Gasteiger partial charge in [0.1, 0.15) is 6.17 Å². The Hall–Kier alpha value is -0.110. The molecule has 1 unspecified atom stereocenters. The van der Waals surface area contributed by atoms with Crippen molar-refractivity contribution in [3.8, 4) is 0 Å². The molecule has 0 bridgehead atoms. The average Bonchev–Trinajstić information content (AvgIpc) is 1.89. The van der Waals surface area contributed by atoms with Gasteiger partial charge in [-0.25, -0.2) is 4.39 Å². The van der Waals surface area contributed by atoms with Gasteiger partial charge in [-0.15, -0.1) is 0 Å². The van der Waals surface area contributed by atoms with Crippen molar-refractivity contribution < 1.29 is 9.50 Å². The van der Waals surface area contributed by atoms with Crippen molar-refractivity contribution in [1.29, 1.82) is 0 Å². The van der Waals surface area contributed by atoms with Crippen LogP contribution in [0, 0.1) is 5.92 Å². The summed E-state index contributed by atoms with van der Waals surface area (Å²) in [6.45, 7) is 0.0289. The van der Waals surface area contributed by atoms with E-state index in [9.17, 15) is 4.39 Å². The molecule has 0 aromatic rings. The lowest BCUT2D eigenvalue weighted by atomic mass is 9.88. The highest BCUT2D eigenvalue weighted by molar-refractivity contribution is 4.73. The first kappa shape index (κ1) is 7.00. The number of aliphatic hydroxyl groups is 1. The van der Waals surface area contributed by atoms with Crippen LogP contribution in [0.3, 0.4) is 0 Å². The summed E-state index contributed by atoms with van der Waals surface area (Å²) < 4.78 is 12.7. The minimum atomic E-state index is -0.733. The van der Waals surface area contributed by atoms with Gasteiger partial charge in [0, 0.05) is 12.5 Å². The van der Waals surface area contributed by atoms with Gasteiger partial charge in [-0.05, 0) is 12.8 Å². The van der Waals surface area contributed by atoms with Gasteiger partial charge in [0.15, 0.2) is 0 Å². The van der Waals surface area contributed by atoms with Crippen molar-refractivity contribution in [3.63, 3.8) is 0 Å². The molecule has 0 aliphatic heterocycles. The van der Waals surface area contributed by atoms with Crippen molar-refractivity contribution in [2.75, 3.05) is 6.61 Å². The van der Waals surface area contributed by atoms with Crippen LogP contribution in [0.4, 0.5) is 4.39 Å². The van der Waals surface area contributed by atoms with Crippen molar-refractivity contribution in [3.05, 3.63) is 0 Å². The summed E-state index contributed by atoms with van der Waals surface area (Å²) in [6, 6.07) is 0. The molecule has 2 atom stereocenters. The van der Waals surface area contributed by atoms with Crippen molar-refractivity contribution in [2.24, 2.45) is 5.92 Å². The lowest BCUT2D eigenvalue weighted by Crippen LogP contribution is -2.23. The van der Waals surface area contributed by atoms with E-state index >= 15 is 0 Å².